The van der Waals surface area contributed by atoms with Gasteiger partial charge in [-0.3, -0.25) is 4.40 Å². The molecular weight excluding hydrogens is 400 g/mol. The number of imidazole rings is 1. The highest BCUT2D eigenvalue weighted by Gasteiger charge is 2.21. The van der Waals surface area contributed by atoms with E-state index >= 15 is 0 Å². The molecule has 0 amide bonds. The SMILES string of the molecule is COCCN1CCC[C@@H](COc2cc(-c3ccc(C#N)cc3)c(Cl)n3cncc23)C1. The normalized spacial score (nSPS) is 17.2. The van der Waals surface area contributed by atoms with Crippen molar-refractivity contribution in [1.29, 1.82) is 5.26 Å². The van der Waals surface area contributed by atoms with Crippen molar-refractivity contribution in [3.05, 3.63) is 53.6 Å². The second kappa shape index (κ2) is 9.48. The molecular formula is C23H25ClN4O2. The summed E-state index contributed by atoms with van der Waals surface area (Å²) in [7, 11) is 1.74. The first-order chi connectivity index (χ1) is 14.7. The van der Waals surface area contributed by atoms with Gasteiger partial charge in [0.15, 0.2) is 0 Å². The number of halogens is 1. The van der Waals surface area contributed by atoms with Gasteiger partial charge in [-0.2, -0.15) is 5.26 Å². The van der Waals surface area contributed by atoms with Crippen molar-refractivity contribution in [2.45, 2.75) is 12.8 Å². The van der Waals surface area contributed by atoms with Gasteiger partial charge in [-0.15, -0.1) is 0 Å². The second-order valence-electron chi connectivity index (χ2n) is 7.66. The molecule has 0 saturated carbocycles. The average molecular weight is 425 g/mol. The molecule has 0 N–H and O–H groups in total. The molecule has 0 spiro atoms. The predicted octanol–water partition coefficient (Wildman–Crippen LogP) is 4.26. The van der Waals surface area contributed by atoms with Gasteiger partial charge in [-0.25, -0.2) is 4.98 Å². The van der Waals surface area contributed by atoms with Gasteiger partial charge in [0.25, 0.3) is 0 Å². The summed E-state index contributed by atoms with van der Waals surface area (Å²) in [6.07, 6.45) is 5.81. The number of hydrogen-bond acceptors (Lipinski definition) is 5. The van der Waals surface area contributed by atoms with Gasteiger partial charge in [0.1, 0.15) is 22.7 Å². The highest BCUT2D eigenvalue weighted by Crippen LogP contribution is 2.35. The number of benzene rings is 1. The second-order valence-corrected chi connectivity index (χ2v) is 8.02. The first-order valence-corrected chi connectivity index (χ1v) is 10.6. The smallest absolute Gasteiger partial charge is 0.145 e. The molecule has 6 nitrogen and oxygen atoms in total. The van der Waals surface area contributed by atoms with Crippen LogP contribution in [0, 0.1) is 17.2 Å². The van der Waals surface area contributed by atoms with E-state index < -0.39 is 0 Å². The Morgan fingerprint density at radius 3 is 2.90 bits per heavy atom. The number of hydrogen-bond donors (Lipinski definition) is 0. The Bertz CT molecular complexity index is 1040. The maximum atomic E-state index is 9.05. The highest BCUT2D eigenvalue weighted by atomic mass is 35.5. The van der Waals surface area contributed by atoms with E-state index in [2.05, 4.69) is 16.0 Å². The first-order valence-electron chi connectivity index (χ1n) is 10.2. The van der Waals surface area contributed by atoms with Crippen LogP contribution >= 0.6 is 11.6 Å². The number of nitriles is 1. The van der Waals surface area contributed by atoms with Gasteiger partial charge in [-0.1, -0.05) is 23.7 Å². The quantitative estimate of drug-likeness (QED) is 0.530. The Labute approximate surface area is 181 Å². The minimum absolute atomic E-state index is 0.479. The Kier molecular flexibility index (Phi) is 6.53. The molecule has 1 aliphatic heterocycles. The van der Waals surface area contributed by atoms with Crippen LogP contribution in [0.15, 0.2) is 42.9 Å². The standard InChI is InChI=1S/C23H25ClN4O2/c1-29-10-9-27-8-2-3-18(14-27)15-30-22-11-20(19-6-4-17(12-25)5-7-19)23(24)28-16-26-13-21(22)28/h4-7,11,13,16,18H,2-3,8-10,14-15H2,1H3/t18-/m1/s1. The van der Waals surface area contributed by atoms with Crippen molar-refractivity contribution in [3.8, 4) is 22.9 Å². The zero-order valence-electron chi connectivity index (χ0n) is 17.1. The summed E-state index contributed by atoms with van der Waals surface area (Å²) in [4.78, 5) is 6.70. The van der Waals surface area contributed by atoms with E-state index in [-0.39, 0.29) is 0 Å². The fourth-order valence-electron chi connectivity index (χ4n) is 3.99. The predicted molar refractivity (Wildman–Crippen MR) is 117 cm³/mol. The third kappa shape index (κ3) is 4.44. The van der Waals surface area contributed by atoms with Crippen LogP contribution in [0.25, 0.3) is 16.6 Å². The van der Waals surface area contributed by atoms with Crippen LogP contribution in [0.3, 0.4) is 0 Å². The van der Waals surface area contributed by atoms with Crippen LogP contribution in [0.2, 0.25) is 5.15 Å². The molecule has 2 aromatic heterocycles. The summed E-state index contributed by atoms with van der Waals surface area (Å²) in [5.41, 5.74) is 3.25. The highest BCUT2D eigenvalue weighted by molar-refractivity contribution is 6.32. The molecule has 4 rings (SSSR count). The van der Waals surface area contributed by atoms with E-state index in [1.807, 2.05) is 22.6 Å². The molecule has 1 atom stereocenters. The van der Waals surface area contributed by atoms with Gasteiger partial charge in [0.2, 0.25) is 0 Å². The average Bonchev–Trinajstić information content (AvgIpc) is 3.28. The molecule has 30 heavy (non-hydrogen) atoms. The number of ether oxygens (including phenoxy) is 2. The number of nitrogens with zero attached hydrogens (tertiary/aromatic N) is 4. The topological polar surface area (TPSA) is 62.8 Å². The molecule has 0 unspecified atom stereocenters. The maximum absolute atomic E-state index is 9.05. The summed E-state index contributed by atoms with van der Waals surface area (Å²) in [6, 6.07) is 11.5. The Hall–Kier alpha value is -2.59. The molecule has 1 aromatic carbocycles. The fourth-order valence-corrected chi connectivity index (χ4v) is 4.29. The van der Waals surface area contributed by atoms with Gasteiger partial charge in [0, 0.05) is 31.7 Å². The number of rotatable bonds is 7. The molecule has 156 valence electrons. The van der Waals surface area contributed by atoms with Crippen LogP contribution in [0.5, 0.6) is 5.75 Å². The van der Waals surface area contributed by atoms with E-state index in [1.54, 1.807) is 31.8 Å². The van der Waals surface area contributed by atoms with Crippen molar-refractivity contribution in [1.82, 2.24) is 14.3 Å². The van der Waals surface area contributed by atoms with Gasteiger partial charge >= 0.3 is 0 Å². The lowest BCUT2D eigenvalue weighted by molar-refractivity contribution is 0.0961. The summed E-state index contributed by atoms with van der Waals surface area (Å²) in [6.45, 7) is 4.52. The van der Waals surface area contributed by atoms with Crippen LogP contribution in [0.4, 0.5) is 0 Å². The summed E-state index contributed by atoms with van der Waals surface area (Å²) < 4.78 is 13.4. The van der Waals surface area contributed by atoms with E-state index in [4.69, 9.17) is 26.3 Å². The summed E-state index contributed by atoms with van der Waals surface area (Å²) in [5.74, 6) is 1.25. The molecule has 1 fully saturated rings. The van der Waals surface area contributed by atoms with Crippen molar-refractivity contribution in [2.75, 3.05) is 40.0 Å². The van der Waals surface area contributed by atoms with E-state index in [9.17, 15) is 0 Å². The van der Waals surface area contributed by atoms with Crippen molar-refractivity contribution >= 4 is 17.1 Å². The molecule has 3 aromatic rings. The van der Waals surface area contributed by atoms with Crippen molar-refractivity contribution in [3.63, 3.8) is 0 Å². The van der Waals surface area contributed by atoms with Crippen LogP contribution in [-0.2, 0) is 4.74 Å². The van der Waals surface area contributed by atoms with Crippen molar-refractivity contribution in [2.24, 2.45) is 5.92 Å². The lowest BCUT2D eigenvalue weighted by Crippen LogP contribution is -2.39. The Morgan fingerprint density at radius 2 is 2.13 bits per heavy atom. The number of likely N-dealkylation sites (tertiary alicyclic amines) is 1. The number of fused-ring (bicyclic) bond motifs is 1. The van der Waals surface area contributed by atoms with Crippen LogP contribution < -0.4 is 4.74 Å². The monoisotopic (exact) mass is 424 g/mol. The van der Waals surface area contributed by atoms with Gasteiger partial charge in [-0.05, 0) is 43.1 Å². The van der Waals surface area contributed by atoms with Gasteiger partial charge < -0.3 is 14.4 Å². The molecule has 0 aliphatic carbocycles. The van der Waals surface area contributed by atoms with Crippen LogP contribution in [0.1, 0.15) is 18.4 Å². The van der Waals surface area contributed by atoms with E-state index in [0.29, 0.717) is 23.2 Å². The number of aromatic nitrogens is 2. The molecule has 1 saturated heterocycles. The maximum Gasteiger partial charge on any atom is 0.145 e. The molecule has 7 heteroatoms. The molecule has 0 bridgehead atoms. The lowest BCUT2D eigenvalue weighted by atomic mass is 9.99. The van der Waals surface area contributed by atoms with Crippen molar-refractivity contribution < 1.29 is 9.47 Å². The molecule has 3 heterocycles. The Morgan fingerprint density at radius 1 is 1.30 bits per heavy atom. The van der Waals surface area contributed by atoms with Gasteiger partial charge in [0.05, 0.1) is 31.0 Å². The number of piperidine rings is 1. The third-order valence-corrected chi connectivity index (χ3v) is 6.00. The third-order valence-electron chi connectivity index (χ3n) is 5.61. The fraction of sp³-hybridized carbons (Fsp3) is 0.391. The minimum Gasteiger partial charge on any atom is -0.491 e. The lowest BCUT2D eigenvalue weighted by Gasteiger charge is -2.32. The van der Waals surface area contributed by atoms with E-state index in [1.165, 1.54) is 6.42 Å². The van der Waals surface area contributed by atoms with Crippen LogP contribution in [-0.4, -0.2) is 54.2 Å². The minimum atomic E-state index is 0.479. The molecule has 0 radical (unpaired) electrons. The largest absolute Gasteiger partial charge is 0.491 e. The number of methoxy groups -OCH3 is 1. The number of pyridine rings is 1. The zero-order chi connectivity index (χ0) is 20.9. The molecule has 1 aliphatic rings. The Balaban J connectivity index is 1.56. The zero-order valence-corrected chi connectivity index (χ0v) is 17.8. The summed E-state index contributed by atoms with van der Waals surface area (Å²) in [5, 5.41) is 9.62. The van der Waals surface area contributed by atoms with E-state index in [0.717, 1.165) is 55.1 Å². The first kappa shape index (κ1) is 20.7. The summed E-state index contributed by atoms with van der Waals surface area (Å²) >= 11 is 6.66.